The summed E-state index contributed by atoms with van der Waals surface area (Å²) in [5.41, 5.74) is 3.92. The number of hydrogen-bond acceptors (Lipinski definition) is 7. The Bertz CT molecular complexity index is 1010. The molecule has 3 aromatic rings. The first kappa shape index (κ1) is 24.9. The molecule has 3 aliphatic heterocycles. The molecule has 4 N–H and O–H groups in total. The lowest BCUT2D eigenvalue weighted by molar-refractivity contribution is 0.202. The monoisotopic (exact) mass is 523 g/mol. The molecule has 4 aliphatic rings. The molecule has 6 bridgehead atoms. The number of anilines is 3. The van der Waals surface area contributed by atoms with Crippen molar-refractivity contribution in [2.45, 2.75) is 75.3 Å². The molecule has 7 nitrogen and oxygen atoms in total. The van der Waals surface area contributed by atoms with E-state index < -0.39 is 0 Å². The third-order valence-corrected chi connectivity index (χ3v) is 9.16. The van der Waals surface area contributed by atoms with Gasteiger partial charge in [-0.2, -0.15) is 0 Å². The van der Waals surface area contributed by atoms with Crippen molar-refractivity contribution in [1.29, 1.82) is 0 Å². The van der Waals surface area contributed by atoms with Gasteiger partial charge in [0.25, 0.3) is 0 Å². The molecule has 6 atom stereocenters. The molecule has 6 unspecified atom stereocenters. The molecule has 3 heterocycles. The zero-order valence-electron chi connectivity index (χ0n) is 22.6. The van der Waals surface area contributed by atoms with E-state index in [9.17, 15) is 0 Å². The summed E-state index contributed by atoms with van der Waals surface area (Å²) >= 11 is 0. The van der Waals surface area contributed by atoms with E-state index in [0.29, 0.717) is 12.1 Å². The molecule has 0 spiro atoms. The van der Waals surface area contributed by atoms with Crippen molar-refractivity contribution in [2.75, 3.05) is 28.0 Å². The zero-order chi connectivity index (χ0) is 26.0. The number of nitrogens with zero attached hydrogens (tertiary/aromatic N) is 3. The van der Waals surface area contributed by atoms with Gasteiger partial charge in [-0.1, -0.05) is 54.6 Å². The van der Waals surface area contributed by atoms with E-state index in [4.69, 9.17) is 0 Å². The van der Waals surface area contributed by atoms with E-state index in [1.165, 1.54) is 42.7 Å². The van der Waals surface area contributed by atoms with Crippen molar-refractivity contribution in [1.82, 2.24) is 21.3 Å². The minimum Gasteiger partial charge on any atom is -0.353 e. The van der Waals surface area contributed by atoms with E-state index in [0.717, 1.165) is 26.2 Å². The van der Waals surface area contributed by atoms with E-state index in [2.05, 4.69) is 127 Å². The lowest BCUT2D eigenvalue weighted by Crippen LogP contribution is -2.71. The quantitative estimate of drug-likeness (QED) is 0.410. The smallest absolute Gasteiger partial charge is 0.0854 e. The van der Waals surface area contributed by atoms with Gasteiger partial charge in [0.15, 0.2) is 0 Å². The second-order valence-corrected chi connectivity index (χ2v) is 11.4. The van der Waals surface area contributed by atoms with Crippen LogP contribution in [0.4, 0.5) is 17.1 Å². The van der Waals surface area contributed by atoms with E-state index in [1.807, 2.05) is 0 Å². The number of benzene rings is 3. The average molecular weight is 524 g/mol. The van der Waals surface area contributed by atoms with Crippen LogP contribution in [-0.4, -0.2) is 50.1 Å². The normalized spacial score (nSPS) is 31.2. The van der Waals surface area contributed by atoms with Crippen LogP contribution in [0, 0.1) is 0 Å². The molecular formula is C32H41N7. The maximum absolute atomic E-state index is 3.87. The summed E-state index contributed by atoms with van der Waals surface area (Å²) in [4.78, 5) is 8.07. The SMILES string of the molecule is c1ccc(N2C3CCCC(C3)N(c3ccccc3)C3CC(NCN3)N(c3ccccc3)C3CC2NCN3)cc1. The Morgan fingerprint density at radius 3 is 1.21 bits per heavy atom. The Morgan fingerprint density at radius 1 is 0.436 bits per heavy atom. The third kappa shape index (κ3) is 5.00. The summed E-state index contributed by atoms with van der Waals surface area (Å²) < 4.78 is 0. The predicted molar refractivity (Wildman–Crippen MR) is 159 cm³/mol. The summed E-state index contributed by atoms with van der Waals surface area (Å²) in [6, 6.07) is 34.2. The van der Waals surface area contributed by atoms with Gasteiger partial charge in [0.05, 0.1) is 24.7 Å². The highest BCUT2D eigenvalue weighted by Crippen LogP contribution is 2.37. The lowest BCUT2D eigenvalue weighted by Gasteiger charge is -2.54. The fraction of sp³-hybridized carbons (Fsp3) is 0.438. The minimum absolute atomic E-state index is 0.213. The van der Waals surface area contributed by atoms with Gasteiger partial charge in [-0.3, -0.25) is 21.3 Å². The molecular weight excluding hydrogens is 482 g/mol. The van der Waals surface area contributed by atoms with Crippen LogP contribution < -0.4 is 36.0 Å². The maximum atomic E-state index is 3.87. The van der Waals surface area contributed by atoms with Crippen molar-refractivity contribution in [3.8, 4) is 0 Å². The predicted octanol–water partition coefficient (Wildman–Crippen LogP) is 4.22. The Balaban J connectivity index is 1.35. The van der Waals surface area contributed by atoms with Crippen LogP contribution in [0.1, 0.15) is 38.5 Å². The molecule has 0 amide bonds. The zero-order valence-corrected chi connectivity index (χ0v) is 22.6. The van der Waals surface area contributed by atoms with Gasteiger partial charge in [-0.25, -0.2) is 0 Å². The summed E-state index contributed by atoms with van der Waals surface area (Å²) in [5, 5.41) is 15.4. The topological polar surface area (TPSA) is 57.8 Å². The van der Waals surface area contributed by atoms with Gasteiger partial charge in [0.1, 0.15) is 0 Å². The second kappa shape index (κ2) is 11.2. The van der Waals surface area contributed by atoms with Gasteiger partial charge in [-0.15, -0.1) is 0 Å². The summed E-state index contributed by atoms with van der Waals surface area (Å²) in [6.45, 7) is 1.59. The first-order valence-electron chi connectivity index (χ1n) is 14.8. The van der Waals surface area contributed by atoms with Crippen LogP contribution in [0.2, 0.25) is 0 Å². The fourth-order valence-corrected chi connectivity index (χ4v) is 7.51. The molecule has 39 heavy (non-hydrogen) atoms. The van der Waals surface area contributed by atoms with E-state index in [1.54, 1.807) is 0 Å². The van der Waals surface area contributed by atoms with Gasteiger partial charge in [0, 0.05) is 55.3 Å². The Kier molecular flexibility index (Phi) is 7.14. The summed E-state index contributed by atoms with van der Waals surface area (Å²) in [6.07, 6.45) is 7.83. The van der Waals surface area contributed by atoms with Gasteiger partial charge in [-0.05, 0) is 62.1 Å². The fourth-order valence-electron chi connectivity index (χ4n) is 7.51. The first-order chi connectivity index (χ1) is 19.3. The molecule has 0 aromatic heterocycles. The molecule has 7 rings (SSSR count). The second-order valence-electron chi connectivity index (χ2n) is 11.4. The van der Waals surface area contributed by atoms with Crippen LogP contribution in [0.25, 0.3) is 0 Å². The van der Waals surface area contributed by atoms with Crippen LogP contribution in [0.3, 0.4) is 0 Å². The molecule has 1 saturated carbocycles. The number of fused-ring (bicyclic) bond motifs is 6. The Labute approximate surface area is 232 Å². The average Bonchev–Trinajstić information content (AvgIpc) is 3.00. The van der Waals surface area contributed by atoms with Gasteiger partial charge >= 0.3 is 0 Å². The largest absolute Gasteiger partial charge is 0.353 e. The highest BCUT2D eigenvalue weighted by Gasteiger charge is 2.42. The number of nitrogens with one attached hydrogen (secondary N) is 4. The van der Waals surface area contributed by atoms with Crippen molar-refractivity contribution >= 4 is 17.1 Å². The molecule has 0 radical (unpaired) electrons. The number of hydrogen-bond donors (Lipinski definition) is 4. The first-order valence-corrected chi connectivity index (χ1v) is 14.8. The van der Waals surface area contributed by atoms with Crippen LogP contribution >= 0.6 is 0 Å². The third-order valence-electron chi connectivity index (χ3n) is 9.16. The van der Waals surface area contributed by atoms with Gasteiger partial charge in [0.2, 0.25) is 0 Å². The minimum atomic E-state index is 0.213. The molecule has 204 valence electrons. The highest BCUT2D eigenvalue weighted by atomic mass is 15.5. The van der Waals surface area contributed by atoms with Crippen molar-refractivity contribution in [2.24, 2.45) is 0 Å². The molecule has 4 fully saturated rings. The molecule has 3 aromatic carbocycles. The van der Waals surface area contributed by atoms with E-state index in [-0.39, 0.29) is 24.7 Å². The summed E-state index contributed by atoms with van der Waals surface area (Å²) in [5.74, 6) is 0. The molecule has 1 aliphatic carbocycles. The highest BCUT2D eigenvalue weighted by molar-refractivity contribution is 5.53. The Hall–Kier alpha value is -3.10. The standard InChI is InChI=1S/C32H41N7/c1-4-11-24(12-5-1)37-27-17-10-18-28(19-27)38(25-13-6-2-7-14-25)30-21-32(36-23-34-30)39(26-15-8-3-9-16-26)31-20-29(37)33-22-35-31/h1-9,11-16,27-36H,10,17-23H2. The van der Waals surface area contributed by atoms with Gasteiger partial charge < -0.3 is 14.7 Å². The van der Waals surface area contributed by atoms with Crippen molar-refractivity contribution in [3.05, 3.63) is 91.0 Å². The Morgan fingerprint density at radius 2 is 0.795 bits per heavy atom. The maximum Gasteiger partial charge on any atom is 0.0854 e. The van der Waals surface area contributed by atoms with Crippen molar-refractivity contribution < 1.29 is 0 Å². The summed E-state index contributed by atoms with van der Waals surface area (Å²) in [7, 11) is 0. The lowest BCUT2D eigenvalue weighted by atomic mass is 9.86. The number of para-hydroxylation sites is 3. The van der Waals surface area contributed by atoms with E-state index >= 15 is 0 Å². The van der Waals surface area contributed by atoms with Crippen LogP contribution in [-0.2, 0) is 0 Å². The van der Waals surface area contributed by atoms with Crippen molar-refractivity contribution in [3.63, 3.8) is 0 Å². The number of rotatable bonds is 3. The van der Waals surface area contributed by atoms with Crippen LogP contribution in [0.5, 0.6) is 0 Å². The van der Waals surface area contributed by atoms with Crippen LogP contribution in [0.15, 0.2) is 91.0 Å². The molecule has 3 saturated heterocycles. The molecule has 7 heteroatoms.